The molecule has 4 rings (SSSR count). The number of carbonyl (C=O) groups is 3. The average molecular weight is 666 g/mol. The Balaban J connectivity index is 1.57. The Kier molecular flexibility index (Phi) is 10.1. The van der Waals surface area contributed by atoms with Gasteiger partial charge in [-0.05, 0) is 103 Å². The van der Waals surface area contributed by atoms with E-state index in [4.69, 9.17) is 14.2 Å². The maximum atomic E-state index is 14.2. The third-order valence-corrected chi connectivity index (χ3v) is 11.9. The predicted molar refractivity (Wildman–Crippen MR) is 177 cm³/mol. The fourth-order valence-corrected chi connectivity index (χ4v) is 9.49. The second kappa shape index (κ2) is 12.5. The van der Waals surface area contributed by atoms with E-state index in [1.54, 1.807) is 0 Å². The lowest BCUT2D eigenvalue weighted by atomic mass is 9.78. The molecule has 1 aliphatic carbocycles. The number of hydrogen-bond donors (Lipinski definition) is 2. The molecule has 0 aromatic heterocycles. The number of rotatable bonds is 6. The molecule has 3 atom stereocenters. The second-order valence-electron chi connectivity index (χ2n) is 18.8. The lowest BCUT2D eigenvalue weighted by molar-refractivity contribution is -0.261. The fourth-order valence-electron chi connectivity index (χ4n) is 9.49. The van der Waals surface area contributed by atoms with Crippen LogP contribution in [0.3, 0.4) is 0 Å². The van der Waals surface area contributed by atoms with Gasteiger partial charge in [0.2, 0.25) is 0 Å². The first-order valence-corrected chi connectivity index (χ1v) is 17.5. The van der Waals surface area contributed by atoms with Crippen LogP contribution in [-0.2, 0) is 28.6 Å². The van der Waals surface area contributed by atoms with Crippen LogP contribution in [0, 0.1) is 17.8 Å². The van der Waals surface area contributed by atoms with Crippen LogP contribution in [0.1, 0.15) is 134 Å². The molecule has 11 nitrogen and oxygen atoms in total. The molecular formula is C36H63N3O8. The number of hydroxylamine groups is 4. The molecule has 0 spiro atoms. The quantitative estimate of drug-likeness (QED) is 0.267. The van der Waals surface area contributed by atoms with E-state index in [2.05, 4.69) is 39.6 Å². The molecule has 270 valence electrons. The van der Waals surface area contributed by atoms with Gasteiger partial charge >= 0.3 is 17.9 Å². The highest BCUT2D eigenvalue weighted by Gasteiger charge is 2.55. The Labute approximate surface area is 282 Å². The van der Waals surface area contributed by atoms with Gasteiger partial charge in [-0.2, -0.15) is 10.1 Å². The van der Waals surface area contributed by atoms with E-state index in [0.29, 0.717) is 51.4 Å². The Morgan fingerprint density at radius 2 is 0.745 bits per heavy atom. The third kappa shape index (κ3) is 7.69. The molecule has 3 saturated heterocycles. The first kappa shape index (κ1) is 38.0. The van der Waals surface area contributed by atoms with Crippen LogP contribution in [0.4, 0.5) is 0 Å². The van der Waals surface area contributed by atoms with Crippen molar-refractivity contribution in [1.82, 2.24) is 15.0 Å². The van der Waals surface area contributed by atoms with Gasteiger partial charge in [-0.25, -0.2) is 0 Å². The Morgan fingerprint density at radius 1 is 0.489 bits per heavy atom. The van der Waals surface area contributed by atoms with E-state index < -0.39 is 70.0 Å². The van der Waals surface area contributed by atoms with E-state index in [9.17, 15) is 24.8 Å². The minimum atomic E-state index is -1.04. The third-order valence-electron chi connectivity index (χ3n) is 11.9. The van der Waals surface area contributed by atoms with Crippen molar-refractivity contribution in [3.63, 3.8) is 0 Å². The number of hydrogen-bond acceptors (Lipinski definition) is 11. The van der Waals surface area contributed by atoms with Gasteiger partial charge in [0.05, 0.1) is 17.8 Å². The van der Waals surface area contributed by atoms with Crippen LogP contribution in [0.2, 0.25) is 0 Å². The summed E-state index contributed by atoms with van der Waals surface area (Å²) >= 11 is 0. The minimum absolute atomic E-state index is 0.195. The maximum absolute atomic E-state index is 14.2. The maximum Gasteiger partial charge on any atom is 0.310 e. The smallest absolute Gasteiger partial charge is 0.310 e. The van der Waals surface area contributed by atoms with Gasteiger partial charge < -0.3 is 24.6 Å². The highest BCUT2D eigenvalue weighted by Crippen LogP contribution is 2.45. The summed E-state index contributed by atoms with van der Waals surface area (Å²) in [5, 5.41) is 24.2. The summed E-state index contributed by atoms with van der Waals surface area (Å²) in [5.74, 6) is -4.31. The van der Waals surface area contributed by atoms with Crippen molar-refractivity contribution < 1.29 is 39.0 Å². The van der Waals surface area contributed by atoms with Gasteiger partial charge in [0, 0.05) is 71.8 Å². The first-order chi connectivity index (χ1) is 21.2. The average Bonchev–Trinajstić information content (AvgIpc) is 3.34. The van der Waals surface area contributed by atoms with Crippen molar-refractivity contribution in [2.45, 2.75) is 186 Å². The molecule has 3 heterocycles. The van der Waals surface area contributed by atoms with Gasteiger partial charge in [0.25, 0.3) is 0 Å². The van der Waals surface area contributed by atoms with Crippen molar-refractivity contribution in [1.29, 1.82) is 0 Å². The van der Waals surface area contributed by atoms with E-state index in [1.165, 1.54) is 10.1 Å². The Hall–Kier alpha value is -1.79. The predicted octanol–water partition coefficient (Wildman–Crippen LogP) is 5.73. The zero-order valence-corrected chi connectivity index (χ0v) is 31.3. The van der Waals surface area contributed by atoms with Crippen LogP contribution in [0.15, 0.2) is 0 Å². The van der Waals surface area contributed by atoms with Crippen LogP contribution >= 0.6 is 0 Å². The lowest BCUT2D eigenvalue weighted by Gasteiger charge is -2.53. The van der Waals surface area contributed by atoms with Crippen molar-refractivity contribution in [3.8, 4) is 0 Å². The Morgan fingerprint density at radius 3 is 1.04 bits per heavy atom. The lowest BCUT2D eigenvalue weighted by Crippen LogP contribution is -2.61. The molecule has 4 aliphatic rings. The van der Waals surface area contributed by atoms with Crippen LogP contribution in [-0.4, -0.2) is 102 Å². The summed E-state index contributed by atoms with van der Waals surface area (Å²) in [4.78, 5) is 44.4. The number of esters is 3. The zero-order valence-electron chi connectivity index (χ0n) is 31.3. The summed E-state index contributed by atoms with van der Waals surface area (Å²) in [6.45, 7) is 23.8. The van der Waals surface area contributed by atoms with Gasteiger partial charge in [0.1, 0.15) is 18.3 Å². The molecule has 2 N–H and O–H groups in total. The van der Waals surface area contributed by atoms with Crippen molar-refractivity contribution >= 4 is 17.9 Å². The standard InChI is InChI=1S/C36H63N3O8/c1-31(2)16-22(17-32(3,4)37(31)13)45-28(40)25-14-15-26(29(41)46-23-18-33(5,6)38(43)34(7,8)19-23)27(25)30(42)47-24-20-35(9,10)39(44)36(11,12)21-24/h22-27,43-44H,14-21H2,1-13H3. The molecule has 47 heavy (non-hydrogen) atoms. The Bertz CT molecular complexity index is 1090. The molecule has 4 fully saturated rings. The van der Waals surface area contributed by atoms with E-state index in [-0.39, 0.29) is 17.2 Å². The minimum Gasteiger partial charge on any atom is -0.462 e. The van der Waals surface area contributed by atoms with Crippen molar-refractivity contribution in [2.75, 3.05) is 7.05 Å². The molecule has 0 amide bonds. The molecule has 0 aromatic rings. The molecule has 1 saturated carbocycles. The second-order valence-corrected chi connectivity index (χ2v) is 18.8. The fraction of sp³-hybridized carbons (Fsp3) is 0.917. The number of piperidine rings is 3. The summed E-state index contributed by atoms with van der Waals surface area (Å²) in [6.07, 6.45) is 2.31. The molecule has 0 aromatic carbocycles. The van der Waals surface area contributed by atoms with Gasteiger partial charge in [-0.3, -0.25) is 19.3 Å². The first-order valence-electron chi connectivity index (χ1n) is 17.5. The highest BCUT2D eigenvalue weighted by molar-refractivity contribution is 5.88. The van der Waals surface area contributed by atoms with Gasteiger partial charge in [0.15, 0.2) is 0 Å². The zero-order chi connectivity index (χ0) is 35.7. The van der Waals surface area contributed by atoms with Crippen LogP contribution < -0.4 is 0 Å². The molecule has 3 aliphatic heterocycles. The van der Waals surface area contributed by atoms with Crippen molar-refractivity contribution in [3.05, 3.63) is 0 Å². The normalized spacial score (nSPS) is 32.9. The van der Waals surface area contributed by atoms with Gasteiger partial charge in [-0.1, -0.05) is 0 Å². The number of ether oxygens (including phenoxy) is 3. The van der Waals surface area contributed by atoms with Gasteiger partial charge in [-0.15, -0.1) is 0 Å². The van der Waals surface area contributed by atoms with E-state index >= 15 is 0 Å². The molecule has 0 bridgehead atoms. The summed E-state index contributed by atoms with van der Waals surface area (Å²) in [7, 11) is 2.09. The molecule has 11 heteroatoms. The monoisotopic (exact) mass is 665 g/mol. The largest absolute Gasteiger partial charge is 0.462 e. The van der Waals surface area contributed by atoms with Crippen LogP contribution in [0.25, 0.3) is 0 Å². The highest BCUT2D eigenvalue weighted by atomic mass is 16.6. The topological polar surface area (TPSA) is 129 Å². The van der Waals surface area contributed by atoms with E-state index in [1.807, 2.05) is 55.4 Å². The molecular weight excluding hydrogens is 602 g/mol. The SMILES string of the molecule is CN1C(C)(C)CC(OC(=O)C2CCC(C(=O)OC3CC(C)(C)N(O)C(C)(C)C3)C2C(=O)OC2CC(C)(C)N(O)C(C)(C)C2)CC1(C)C. The number of carbonyl (C=O) groups excluding carboxylic acids is 3. The summed E-state index contributed by atoms with van der Waals surface area (Å²) < 4.78 is 18.5. The molecule has 3 unspecified atom stereocenters. The summed E-state index contributed by atoms with van der Waals surface area (Å²) in [5.41, 5.74) is -2.92. The van der Waals surface area contributed by atoms with Crippen molar-refractivity contribution in [2.24, 2.45) is 17.8 Å². The number of nitrogens with zero attached hydrogens (tertiary/aromatic N) is 3. The number of likely N-dealkylation sites (tertiary alicyclic amines) is 1. The van der Waals surface area contributed by atoms with Crippen LogP contribution in [0.5, 0.6) is 0 Å². The molecule has 0 radical (unpaired) electrons. The summed E-state index contributed by atoms with van der Waals surface area (Å²) in [6, 6.07) is 0. The van der Waals surface area contributed by atoms with E-state index in [0.717, 1.165) is 0 Å².